The average Bonchev–Trinajstić information content (AvgIpc) is 3.61. The second-order valence-electron chi connectivity index (χ2n) is 10.3. The van der Waals surface area contributed by atoms with Crippen molar-refractivity contribution < 1.29 is 0 Å². The van der Waals surface area contributed by atoms with Crippen molar-refractivity contribution in [3.63, 3.8) is 0 Å². The van der Waals surface area contributed by atoms with E-state index in [2.05, 4.69) is 109 Å². The molecule has 0 heteroatoms. The van der Waals surface area contributed by atoms with Gasteiger partial charge in [0.2, 0.25) is 0 Å². The Morgan fingerprint density at radius 3 is 2.08 bits per heavy atom. The fraction of sp³-hybridized carbons (Fsp3) is 0.167. The summed E-state index contributed by atoms with van der Waals surface area (Å²) in [4.78, 5) is 0. The summed E-state index contributed by atoms with van der Waals surface area (Å²) in [5, 5.41) is 5.59. The highest BCUT2D eigenvalue weighted by atomic mass is 14.2. The highest BCUT2D eigenvalue weighted by Gasteiger charge is 2.21. The van der Waals surface area contributed by atoms with Gasteiger partial charge in [-0.3, -0.25) is 0 Å². The van der Waals surface area contributed by atoms with Gasteiger partial charge in [0.05, 0.1) is 0 Å². The van der Waals surface area contributed by atoms with E-state index in [9.17, 15) is 0 Å². The van der Waals surface area contributed by atoms with Gasteiger partial charge in [-0.05, 0) is 110 Å². The number of fused-ring (bicyclic) bond motifs is 2. The number of hydrogen-bond acceptors (Lipinski definition) is 0. The Morgan fingerprint density at radius 1 is 0.611 bits per heavy atom. The van der Waals surface area contributed by atoms with Crippen LogP contribution >= 0.6 is 0 Å². The molecule has 0 radical (unpaired) electrons. The normalized spacial score (nSPS) is 15.9. The van der Waals surface area contributed by atoms with E-state index in [1.54, 1.807) is 5.57 Å². The zero-order valence-electron chi connectivity index (χ0n) is 20.6. The van der Waals surface area contributed by atoms with Crippen LogP contribution in [0.25, 0.3) is 39.5 Å². The van der Waals surface area contributed by atoms with Crippen LogP contribution in [-0.4, -0.2) is 0 Å². The third-order valence-electron chi connectivity index (χ3n) is 8.11. The standard InChI is InChI=1S/C36H30/c1-4-12-25(13-5-1)29-20-21-30-23-34-33(31(30)22-29)24-32(26-14-6-2-7-15-26)35(27-16-8-3-9-17-27)36(34)28-18-10-11-19-28/h1-2,4-7,10-15,18,20-24H,3,8-9,16-17,19H2. The van der Waals surface area contributed by atoms with Crippen LogP contribution in [0.1, 0.15) is 49.7 Å². The first-order valence-corrected chi connectivity index (χ1v) is 13.4. The minimum atomic E-state index is 1.02. The van der Waals surface area contributed by atoms with Crippen molar-refractivity contribution in [1.82, 2.24) is 0 Å². The average molecular weight is 463 g/mol. The van der Waals surface area contributed by atoms with E-state index in [4.69, 9.17) is 0 Å². The fourth-order valence-corrected chi connectivity index (χ4v) is 6.36. The van der Waals surface area contributed by atoms with Crippen LogP contribution < -0.4 is 10.4 Å². The molecule has 0 heterocycles. The van der Waals surface area contributed by atoms with Crippen molar-refractivity contribution in [3.8, 4) is 22.3 Å². The summed E-state index contributed by atoms with van der Waals surface area (Å²) in [7, 11) is 0. The molecule has 0 amide bonds. The molecule has 4 aromatic rings. The summed E-state index contributed by atoms with van der Waals surface area (Å²) in [6, 6.07) is 31.3. The van der Waals surface area contributed by atoms with E-state index >= 15 is 0 Å². The second kappa shape index (κ2) is 8.95. The highest BCUT2D eigenvalue weighted by Crippen LogP contribution is 2.33. The summed E-state index contributed by atoms with van der Waals surface area (Å²) >= 11 is 0. The third kappa shape index (κ3) is 3.60. The molecule has 0 spiro atoms. The van der Waals surface area contributed by atoms with Crippen LogP contribution in [0.3, 0.4) is 0 Å². The number of rotatable bonds is 3. The minimum Gasteiger partial charge on any atom is -0.0801 e. The van der Waals surface area contributed by atoms with Gasteiger partial charge in [0.1, 0.15) is 0 Å². The Bertz CT molecular complexity index is 1740. The molecule has 0 nitrogen and oxygen atoms in total. The molecule has 7 rings (SSSR count). The molecule has 0 saturated heterocycles. The molecular weight excluding hydrogens is 432 g/mol. The van der Waals surface area contributed by atoms with Gasteiger partial charge in [0.15, 0.2) is 0 Å². The quantitative estimate of drug-likeness (QED) is 0.256. The molecule has 0 N–H and O–H groups in total. The summed E-state index contributed by atoms with van der Waals surface area (Å²) in [5.74, 6) is 0. The molecule has 36 heavy (non-hydrogen) atoms. The number of allylic oxidation sites excluding steroid dienone is 4. The van der Waals surface area contributed by atoms with Crippen LogP contribution in [0.5, 0.6) is 0 Å². The van der Waals surface area contributed by atoms with Crippen molar-refractivity contribution in [2.75, 3.05) is 0 Å². The zero-order chi connectivity index (χ0) is 23.9. The van der Waals surface area contributed by atoms with Gasteiger partial charge in [0, 0.05) is 0 Å². The van der Waals surface area contributed by atoms with Crippen molar-refractivity contribution in [2.24, 2.45) is 0 Å². The molecule has 0 aromatic heterocycles. The SMILES string of the molecule is C1=CCC(c2c3c(cc(-c4ccccc4)c2=C2CCCCC2)=c2cc(-c4ccccc4)ccc2=C3)=C1. The van der Waals surface area contributed by atoms with E-state index in [0.717, 1.165) is 6.42 Å². The first-order chi connectivity index (χ1) is 17.9. The first-order valence-electron chi connectivity index (χ1n) is 13.4. The van der Waals surface area contributed by atoms with E-state index in [1.165, 1.54) is 91.9 Å². The summed E-state index contributed by atoms with van der Waals surface area (Å²) in [5.41, 5.74) is 11.3. The largest absolute Gasteiger partial charge is 0.0801 e. The molecule has 3 aliphatic rings. The number of hydrogen-bond donors (Lipinski definition) is 0. The Balaban J connectivity index is 1.63. The van der Waals surface area contributed by atoms with Gasteiger partial charge < -0.3 is 0 Å². The molecule has 0 unspecified atom stereocenters. The topological polar surface area (TPSA) is 0 Å². The molecule has 1 fully saturated rings. The first kappa shape index (κ1) is 21.4. The van der Waals surface area contributed by atoms with Crippen LogP contribution in [0.2, 0.25) is 0 Å². The van der Waals surface area contributed by atoms with E-state index in [0.29, 0.717) is 0 Å². The lowest BCUT2D eigenvalue weighted by Gasteiger charge is -2.20. The van der Waals surface area contributed by atoms with Crippen LogP contribution in [0.15, 0.2) is 103 Å². The van der Waals surface area contributed by atoms with Crippen LogP contribution in [0, 0.1) is 10.4 Å². The molecule has 3 aliphatic carbocycles. The summed E-state index contributed by atoms with van der Waals surface area (Å²) < 4.78 is 0. The predicted molar refractivity (Wildman–Crippen MR) is 152 cm³/mol. The summed E-state index contributed by atoms with van der Waals surface area (Å²) in [6.07, 6.45) is 16.8. The molecule has 0 atom stereocenters. The molecule has 1 saturated carbocycles. The molecule has 0 aliphatic heterocycles. The summed E-state index contributed by atoms with van der Waals surface area (Å²) in [6.45, 7) is 0. The van der Waals surface area contributed by atoms with Crippen molar-refractivity contribution in [1.29, 1.82) is 0 Å². The van der Waals surface area contributed by atoms with Gasteiger partial charge in [0.25, 0.3) is 0 Å². The Kier molecular flexibility index (Phi) is 5.32. The number of benzene rings is 4. The smallest absolute Gasteiger partial charge is 0.00639 e. The Morgan fingerprint density at radius 2 is 1.36 bits per heavy atom. The lowest BCUT2D eigenvalue weighted by molar-refractivity contribution is 0.643. The lowest BCUT2D eigenvalue weighted by atomic mass is 9.84. The van der Waals surface area contributed by atoms with Crippen molar-refractivity contribution >= 4 is 17.2 Å². The Hall–Kier alpha value is -3.90. The van der Waals surface area contributed by atoms with Gasteiger partial charge in [-0.25, -0.2) is 0 Å². The fourth-order valence-electron chi connectivity index (χ4n) is 6.36. The van der Waals surface area contributed by atoms with Gasteiger partial charge in [-0.1, -0.05) is 103 Å². The highest BCUT2D eigenvalue weighted by molar-refractivity contribution is 5.85. The molecule has 174 valence electrons. The van der Waals surface area contributed by atoms with E-state index < -0.39 is 0 Å². The van der Waals surface area contributed by atoms with E-state index in [-0.39, 0.29) is 0 Å². The van der Waals surface area contributed by atoms with Crippen molar-refractivity contribution in [2.45, 2.75) is 38.5 Å². The maximum absolute atomic E-state index is 2.51. The maximum atomic E-state index is 2.51. The third-order valence-corrected chi connectivity index (χ3v) is 8.11. The Labute approximate surface area is 213 Å². The van der Waals surface area contributed by atoms with Gasteiger partial charge in [-0.2, -0.15) is 0 Å². The van der Waals surface area contributed by atoms with Crippen molar-refractivity contribution in [3.05, 3.63) is 135 Å². The molecular formula is C36H30. The predicted octanol–water partition coefficient (Wildman–Crippen LogP) is 7.91. The lowest BCUT2D eigenvalue weighted by Crippen LogP contribution is -2.19. The van der Waals surface area contributed by atoms with E-state index in [1.807, 2.05) is 0 Å². The second-order valence-corrected chi connectivity index (χ2v) is 10.3. The monoisotopic (exact) mass is 462 g/mol. The van der Waals surface area contributed by atoms with Gasteiger partial charge in [-0.15, -0.1) is 0 Å². The minimum absolute atomic E-state index is 1.02. The van der Waals surface area contributed by atoms with Gasteiger partial charge >= 0.3 is 0 Å². The molecule has 0 bridgehead atoms. The van der Waals surface area contributed by atoms with Crippen LogP contribution in [0.4, 0.5) is 0 Å². The molecule has 4 aromatic carbocycles. The van der Waals surface area contributed by atoms with Crippen LogP contribution in [-0.2, 0) is 0 Å². The zero-order valence-corrected chi connectivity index (χ0v) is 20.6. The maximum Gasteiger partial charge on any atom is -0.00639 e.